The van der Waals surface area contributed by atoms with Gasteiger partial charge in [-0.3, -0.25) is 19.8 Å². The number of guanidine groups is 1. The van der Waals surface area contributed by atoms with Crippen LogP contribution in [0.3, 0.4) is 0 Å². The highest BCUT2D eigenvalue weighted by Crippen LogP contribution is 2.17. The van der Waals surface area contributed by atoms with Crippen LogP contribution in [0.25, 0.3) is 0 Å². The average molecular weight is 436 g/mol. The van der Waals surface area contributed by atoms with Crippen LogP contribution >= 0.6 is 0 Å². The van der Waals surface area contributed by atoms with Crippen molar-refractivity contribution in [1.29, 1.82) is 0 Å². The van der Waals surface area contributed by atoms with Crippen LogP contribution in [0.5, 0.6) is 0 Å². The molecule has 0 aliphatic heterocycles. The molecule has 3 aromatic rings. The minimum Gasteiger partial charge on any atom is -0.326 e. The predicted octanol–water partition coefficient (Wildman–Crippen LogP) is 4.54. The zero-order chi connectivity index (χ0) is 23.4. The minimum absolute atomic E-state index is 0.238. The number of aryl methyl sites for hydroxylation is 5. The first-order valence-corrected chi connectivity index (χ1v) is 10.6. The Balaban J connectivity index is 1.83. The first kappa shape index (κ1) is 23.2. The van der Waals surface area contributed by atoms with Crippen molar-refractivity contribution in [2.75, 3.05) is 11.9 Å². The SMILES string of the molecule is Cc1ccc(NC(=NCCc2c(C)nn(C)c2C)NC(=O)c2ccc(C)c(F)c2)c(C)c1. The summed E-state index contributed by atoms with van der Waals surface area (Å²) in [5.74, 6) is -0.517. The van der Waals surface area contributed by atoms with E-state index in [2.05, 4.69) is 26.8 Å². The second-order valence-electron chi connectivity index (χ2n) is 8.11. The molecule has 7 heteroatoms. The summed E-state index contributed by atoms with van der Waals surface area (Å²) in [5, 5.41) is 10.5. The van der Waals surface area contributed by atoms with Crippen molar-refractivity contribution in [3.05, 3.63) is 81.4 Å². The Hall–Kier alpha value is -3.48. The molecule has 1 amide bonds. The lowest BCUT2D eigenvalue weighted by Crippen LogP contribution is -2.36. The molecule has 0 fully saturated rings. The predicted molar refractivity (Wildman–Crippen MR) is 127 cm³/mol. The molecule has 0 spiro atoms. The molecule has 0 aliphatic carbocycles. The normalized spacial score (nSPS) is 11.5. The Labute approximate surface area is 188 Å². The summed E-state index contributed by atoms with van der Waals surface area (Å²) in [4.78, 5) is 17.4. The van der Waals surface area contributed by atoms with Gasteiger partial charge in [0.2, 0.25) is 5.96 Å². The average Bonchev–Trinajstić information content (AvgIpc) is 2.97. The topological polar surface area (TPSA) is 71.3 Å². The van der Waals surface area contributed by atoms with E-state index in [1.54, 1.807) is 19.1 Å². The number of rotatable bonds is 5. The molecular weight excluding hydrogens is 405 g/mol. The number of aromatic nitrogens is 2. The van der Waals surface area contributed by atoms with E-state index in [4.69, 9.17) is 0 Å². The van der Waals surface area contributed by atoms with Crippen molar-refractivity contribution in [1.82, 2.24) is 15.1 Å². The highest BCUT2D eigenvalue weighted by molar-refractivity contribution is 6.10. The van der Waals surface area contributed by atoms with Gasteiger partial charge in [-0.15, -0.1) is 0 Å². The van der Waals surface area contributed by atoms with E-state index in [0.717, 1.165) is 33.8 Å². The highest BCUT2D eigenvalue weighted by atomic mass is 19.1. The Morgan fingerprint density at radius 2 is 1.81 bits per heavy atom. The van der Waals surface area contributed by atoms with Crippen molar-refractivity contribution in [3.63, 3.8) is 0 Å². The van der Waals surface area contributed by atoms with Gasteiger partial charge in [0, 0.05) is 30.5 Å². The van der Waals surface area contributed by atoms with Crippen LogP contribution < -0.4 is 10.6 Å². The zero-order valence-electron chi connectivity index (χ0n) is 19.5. The van der Waals surface area contributed by atoms with Crippen molar-refractivity contribution in [2.24, 2.45) is 12.0 Å². The van der Waals surface area contributed by atoms with Crippen molar-refractivity contribution in [3.8, 4) is 0 Å². The maximum atomic E-state index is 13.9. The molecule has 0 unspecified atom stereocenters. The molecule has 0 saturated carbocycles. The maximum absolute atomic E-state index is 13.9. The molecule has 1 aromatic heterocycles. The second kappa shape index (κ2) is 9.77. The molecule has 32 heavy (non-hydrogen) atoms. The Kier molecular flexibility index (Phi) is 7.08. The van der Waals surface area contributed by atoms with Crippen molar-refractivity contribution in [2.45, 2.75) is 41.0 Å². The fourth-order valence-corrected chi connectivity index (χ4v) is 3.56. The fraction of sp³-hybridized carbons (Fsp3) is 0.320. The van der Waals surface area contributed by atoms with Crippen LogP contribution in [-0.2, 0) is 13.5 Å². The first-order valence-electron chi connectivity index (χ1n) is 10.6. The van der Waals surface area contributed by atoms with E-state index in [1.165, 1.54) is 6.07 Å². The van der Waals surface area contributed by atoms with Crippen LogP contribution in [-0.4, -0.2) is 28.2 Å². The lowest BCUT2D eigenvalue weighted by atomic mass is 10.1. The Morgan fingerprint density at radius 1 is 1.06 bits per heavy atom. The molecule has 0 radical (unpaired) electrons. The number of anilines is 1. The third-order valence-electron chi connectivity index (χ3n) is 5.59. The summed E-state index contributed by atoms with van der Waals surface area (Å²) in [5.41, 5.74) is 6.98. The van der Waals surface area contributed by atoms with E-state index in [-0.39, 0.29) is 5.56 Å². The number of carbonyl (C=O) groups is 1. The maximum Gasteiger partial charge on any atom is 0.258 e. The highest BCUT2D eigenvalue weighted by Gasteiger charge is 2.13. The van der Waals surface area contributed by atoms with Crippen LogP contribution in [0.15, 0.2) is 41.4 Å². The third kappa shape index (κ3) is 5.41. The number of hydrogen-bond acceptors (Lipinski definition) is 3. The monoisotopic (exact) mass is 435 g/mol. The number of halogens is 1. The fourth-order valence-electron chi connectivity index (χ4n) is 3.56. The Morgan fingerprint density at radius 3 is 2.44 bits per heavy atom. The molecule has 2 aromatic carbocycles. The largest absolute Gasteiger partial charge is 0.326 e. The van der Waals surface area contributed by atoms with Crippen molar-refractivity contribution >= 4 is 17.6 Å². The van der Waals surface area contributed by atoms with E-state index in [1.807, 2.05) is 51.6 Å². The van der Waals surface area contributed by atoms with Gasteiger partial charge < -0.3 is 5.32 Å². The molecule has 0 atom stereocenters. The minimum atomic E-state index is -0.423. The molecule has 0 aliphatic rings. The molecular formula is C25H30FN5O. The van der Waals surface area contributed by atoms with E-state index in [9.17, 15) is 9.18 Å². The summed E-state index contributed by atoms with van der Waals surface area (Å²) >= 11 is 0. The second-order valence-corrected chi connectivity index (χ2v) is 8.11. The molecule has 3 rings (SSSR count). The number of hydrogen-bond donors (Lipinski definition) is 2. The van der Waals surface area contributed by atoms with Gasteiger partial charge in [0.05, 0.1) is 5.69 Å². The number of amides is 1. The quantitative estimate of drug-likeness (QED) is 0.457. The van der Waals surface area contributed by atoms with Crippen LogP contribution in [0.4, 0.5) is 10.1 Å². The standard InChI is InChI=1S/C25H30FN5O/c1-15-7-10-23(17(3)13-15)28-25(27-12-11-21-18(4)30-31(6)19(21)5)29-24(32)20-9-8-16(2)22(26)14-20/h7-10,13-14H,11-12H2,1-6H3,(H2,27,28,29,32). The van der Waals surface area contributed by atoms with Crippen LogP contribution in [0.2, 0.25) is 0 Å². The van der Waals surface area contributed by atoms with Crippen LogP contribution in [0, 0.1) is 40.4 Å². The van der Waals surface area contributed by atoms with Gasteiger partial charge in [-0.05, 0) is 75.9 Å². The molecule has 2 N–H and O–H groups in total. The summed E-state index contributed by atoms with van der Waals surface area (Å²) in [6.45, 7) is 10.2. The summed E-state index contributed by atoms with van der Waals surface area (Å²) in [6.07, 6.45) is 0.693. The first-order chi connectivity index (χ1) is 15.2. The van der Waals surface area contributed by atoms with Gasteiger partial charge in [-0.2, -0.15) is 5.10 Å². The van der Waals surface area contributed by atoms with E-state index >= 15 is 0 Å². The van der Waals surface area contributed by atoms with Gasteiger partial charge in [0.15, 0.2) is 0 Å². The summed E-state index contributed by atoms with van der Waals surface area (Å²) in [6, 6.07) is 10.4. The lowest BCUT2D eigenvalue weighted by molar-refractivity contribution is 0.0976. The van der Waals surface area contributed by atoms with E-state index in [0.29, 0.717) is 24.5 Å². The van der Waals surface area contributed by atoms with Crippen LogP contribution in [0.1, 0.15) is 44.0 Å². The Bertz CT molecular complexity index is 1180. The van der Waals surface area contributed by atoms with Gasteiger partial charge in [-0.25, -0.2) is 4.39 Å². The molecule has 1 heterocycles. The number of nitrogens with one attached hydrogen (secondary N) is 2. The number of benzene rings is 2. The van der Waals surface area contributed by atoms with Gasteiger partial charge in [-0.1, -0.05) is 23.8 Å². The molecule has 168 valence electrons. The zero-order valence-corrected chi connectivity index (χ0v) is 19.5. The number of nitrogens with zero attached hydrogens (tertiary/aromatic N) is 3. The summed E-state index contributed by atoms with van der Waals surface area (Å²) in [7, 11) is 1.92. The number of aliphatic imine (C=N–C) groups is 1. The molecule has 0 saturated heterocycles. The third-order valence-corrected chi connectivity index (χ3v) is 5.59. The molecule has 6 nitrogen and oxygen atoms in total. The summed E-state index contributed by atoms with van der Waals surface area (Å²) < 4.78 is 15.8. The van der Waals surface area contributed by atoms with Gasteiger partial charge in [0.1, 0.15) is 5.82 Å². The van der Waals surface area contributed by atoms with Gasteiger partial charge in [0.25, 0.3) is 5.91 Å². The smallest absolute Gasteiger partial charge is 0.258 e. The van der Waals surface area contributed by atoms with Gasteiger partial charge >= 0.3 is 0 Å². The lowest BCUT2D eigenvalue weighted by Gasteiger charge is -2.14. The number of carbonyl (C=O) groups excluding carboxylic acids is 1. The van der Waals surface area contributed by atoms with E-state index < -0.39 is 11.7 Å². The molecule has 0 bridgehead atoms. The van der Waals surface area contributed by atoms with Crippen molar-refractivity contribution < 1.29 is 9.18 Å².